The van der Waals surface area contributed by atoms with E-state index in [1.165, 1.54) is 4.90 Å². The SMILES string of the molecule is CN(C)C(=O)CCNS(=O)(=O)c1cc(N)cc(F)c1. The van der Waals surface area contributed by atoms with Gasteiger partial charge in [0.2, 0.25) is 15.9 Å². The molecule has 0 aliphatic heterocycles. The molecule has 0 spiro atoms. The van der Waals surface area contributed by atoms with Gasteiger partial charge in [0.15, 0.2) is 0 Å². The first kappa shape index (κ1) is 15.4. The largest absolute Gasteiger partial charge is 0.399 e. The van der Waals surface area contributed by atoms with Gasteiger partial charge in [-0.3, -0.25) is 4.79 Å². The minimum atomic E-state index is -3.87. The maximum atomic E-state index is 13.1. The van der Waals surface area contributed by atoms with Crippen LogP contribution in [0.15, 0.2) is 23.1 Å². The predicted molar refractivity (Wildman–Crippen MR) is 69.3 cm³/mol. The number of halogens is 1. The molecule has 0 aliphatic rings. The maximum Gasteiger partial charge on any atom is 0.240 e. The molecule has 0 unspecified atom stereocenters. The number of sulfonamides is 1. The van der Waals surface area contributed by atoms with Gasteiger partial charge in [-0.1, -0.05) is 0 Å². The molecule has 8 heteroatoms. The fourth-order valence-corrected chi connectivity index (χ4v) is 2.44. The van der Waals surface area contributed by atoms with Gasteiger partial charge in [-0.05, 0) is 18.2 Å². The molecule has 0 fully saturated rings. The summed E-state index contributed by atoms with van der Waals surface area (Å²) in [6, 6.07) is 3.04. The molecule has 6 nitrogen and oxygen atoms in total. The maximum absolute atomic E-state index is 13.1. The summed E-state index contributed by atoms with van der Waals surface area (Å²) in [7, 11) is -0.720. The molecule has 1 aromatic rings. The van der Waals surface area contributed by atoms with E-state index in [0.717, 1.165) is 18.2 Å². The van der Waals surface area contributed by atoms with E-state index in [1.807, 2.05) is 0 Å². The lowest BCUT2D eigenvalue weighted by Gasteiger charge is -2.11. The minimum absolute atomic E-state index is 0.0183. The Bertz CT molecular complexity index is 552. The number of carbonyl (C=O) groups is 1. The van der Waals surface area contributed by atoms with Gasteiger partial charge in [0.1, 0.15) is 5.82 Å². The normalized spacial score (nSPS) is 11.3. The van der Waals surface area contributed by atoms with Crippen molar-refractivity contribution in [2.45, 2.75) is 11.3 Å². The van der Waals surface area contributed by atoms with E-state index < -0.39 is 15.8 Å². The van der Waals surface area contributed by atoms with Crippen molar-refractivity contribution in [3.8, 4) is 0 Å². The first-order valence-corrected chi connectivity index (χ1v) is 6.96. The molecule has 19 heavy (non-hydrogen) atoms. The number of anilines is 1. The monoisotopic (exact) mass is 289 g/mol. The van der Waals surface area contributed by atoms with Gasteiger partial charge in [-0.15, -0.1) is 0 Å². The Morgan fingerprint density at radius 2 is 2.00 bits per heavy atom. The molecule has 0 heterocycles. The standard InChI is InChI=1S/C11H16FN3O3S/c1-15(2)11(16)3-4-14-19(17,18)10-6-8(12)5-9(13)7-10/h5-7,14H,3-4,13H2,1-2H3. The summed E-state index contributed by atoms with van der Waals surface area (Å²) in [4.78, 5) is 12.4. The highest BCUT2D eigenvalue weighted by Crippen LogP contribution is 2.15. The van der Waals surface area contributed by atoms with Crippen molar-refractivity contribution < 1.29 is 17.6 Å². The number of carbonyl (C=O) groups excluding carboxylic acids is 1. The van der Waals surface area contributed by atoms with Crippen molar-refractivity contribution in [3.63, 3.8) is 0 Å². The second-order valence-electron chi connectivity index (χ2n) is 4.16. The van der Waals surface area contributed by atoms with Crippen LogP contribution in [0.25, 0.3) is 0 Å². The van der Waals surface area contributed by atoms with Crippen molar-refractivity contribution in [3.05, 3.63) is 24.0 Å². The van der Waals surface area contributed by atoms with Crippen LogP contribution in [-0.4, -0.2) is 39.9 Å². The summed E-state index contributed by atoms with van der Waals surface area (Å²) in [6.07, 6.45) is 0.0248. The molecular formula is C11H16FN3O3S. The van der Waals surface area contributed by atoms with Gasteiger partial charge >= 0.3 is 0 Å². The number of nitrogens with two attached hydrogens (primary N) is 1. The zero-order valence-electron chi connectivity index (χ0n) is 10.7. The number of rotatable bonds is 5. The second-order valence-corrected chi connectivity index (χ2v) is 5.92. The first-order valence-electron chi connectivity index (χ1n) is 5.48. The molecule has 0 saturated heterocycles. The third-order valence-corrected chi connectivity index (χ3v) is 3.77. The molecule has 0 aliphatic carbocycles. The Morgan fingerprint density at radius 3 is 2.53 bits per heavy atom. The van der Waals surface area contributed by atoms with E-state index in [4.69, 9.17) is 5.73 Å². The van der Waals surface area contributed by atoms with Gasteiger partial charge in [0.25, 0.3) is 0 Å². The van der Waals surface area contributed by atoms with Crippen molar-refractivity contribution in [2.75, 3.05) is 26.4 Å². The summed E-state index contributed by atoms with van der Waals surface area (Å²) in [5.41, 5.74) is 5.40. The molecule has 1 rings (SSSR count). The van der Waals surface area contributed by atoms with Crippen LogP contribution in [-0.2, 0) is 14.8 Å². The van der Waals surface area contributed by atoms with Gasteiger partial charge in [-0.2, -0.15) is 0 Å². The van der Waals surface area contributed by atoms with Crippen LogP contribution >= 0.6 is 0 Å². The lowest BCUT2D eigenvalue weighted by Crippen LogP contribution is -2.30. The van der Waals surface area contributed by atoms with Gasteiger partial charge in [0.05, 0.1) is 4.90 Å². The third kappa shape index (κ3) is 4.49. The molecule has 1 aromatic carbocycles. The number of hydrogen-bond donors (Lipinski definition) is 2. The number of nitrogen functional groups attached to an aromatic ring is 1. The van der Waals surface area contributed by atoms with Gasteiger partial charge in [0, 0.05) is 32.7 Å². The van der Waals surface area contributed by atoms with Gasteiger partial charge < -0.3 is 10.6 Å². The van der Waals surface area contributed by atoms with E-state index >= 15 is 0 Å². The summed E-state index contributed by atoms with van der Waals surface area (Å²) >= 11 is 0. The van der Waals surface area contributed by atoms with Gasteiger partial charge in [-0.25, -0.2) is 17.5 Å². The number of amides is 1. The summed E-state index contributed by atoms with van der Waals surface area (Å²) in [5.74, 6) is -0.939. The van der Waals surface area contributed by atoms with Crippen molar-refractivity contribution in [1.29, 1.82) is 0 Å². The van der Waals surface area contributed by atoms with Crippen molar-refractivity contribution >= 4 is 21.6 Å². The van der Waals surface area contributed by atoms with E-state index in [-0.39, 0.29) is 29.5 Å². The van der Waals surface area contributed by atoms with E-state index in [1.54, 1.807) is 14.1 Å². The Hall–Kier alpha value is -1.67. The van der Waals surface area contributed by atoms with Crippen molar-refractivity contribution in [2.24, 2.45) is 0 Å². The van der Waals surface area contributed by atoms with Crippen LogP contribution in [0, 0.1) is 5.82 Å². The Balaban J connectivity index is 2.74. The molecule has 0 radical (unpaired) electrons. The quantitative estimate of drug-likeness (QED) is 0.755. The first-order chi connectivity index (χ1) is 8.72. The zero-order valence-corrected chi connectivity index (χ0v) is 11.5. The number of hydrogen-bond acceptors (Lipinski definition) is 4. The number of nitrogens with one attached hydrogen (secondary N) is 1. The molecule has 106 valence electrons. The lowest BCUT2D eigenvalue weighted by atomic mass is 10.3. The Morgan fingerprint density at radius 1 is 1.37 bits per heavy atom. The fraction of sp³-hybridized carbons (Fsp3) is 0.364. The van der Waals surface area contributed by atoms with E-state index in [9.17, 15) is 17.6 Å². The summed E-state index contributed by atoms with van der Waals surface area (Å²) in [5, 5.41) is 0. The predicted octanol–water partition coefficient (Wildman–Crippen LogP) is 0.164. The second kappa shape index (κ2) is 5.98. The van der Waals surface area contributed by atoms with E-state index in [0.29, 0.717) is 0 Å². The number of nitrogens with zero attached hydrogens (tertiary/aromatic N) is 1. The Kier molecular flexibility index (Phi) is 4.84. The minimum Gasteiger partial charge on any atom is -0.399 e. The average molecular weight is 289 g/mol. The van der Waals surface area contributed by atoms with Crippen LogP contribution in [0.3, 0.4) is 0 Å². The zero-order chi connectivity index (χ0) is 14.6. The van der Waals surface area contributed by atoms with Crippen LogP contribution in [0.1, 0.15) is 6.42 Å². The molecule has 0 saturated carbocycles. The highest BCUT2D eigenvalue weighted by molar-refractivity contribution is 7.89. The summed E-state index contributed by atoms with van der Waals surface area (Å²) in [6.45, 7) is -0.0598. The smallest absolute Gasteiger partial charge is 0.240 e. The molecular weight excluding hydrogens is 273 g/mol. The van der Waals surface area contributed by atoms with Crippen LogP contribution in [0.4, 0.5) is 10.1 Å². The molecule has 0 atom stereocenters. The molecule has 0 aromatic heterocycles. The van der Waals surface area contributed by atoms with Crippen molar-refractivity contribution in [1.82, 2.24) is 9.62 Å². The average Bonchev–Trinajstić information content (AvgIpc) is 2.27. The summed E-state index contributed by atoms with van der Waals surface area (Å²) < 4.78 is 39.0. The Labute approximate surface area is 111 Å². The lowest BCUT2D eigenvalue weighted by molar-refractivity contribution is -0.128. The van der Waals surface area contributed by atoms with Crippen LogP contribution < -0.4 is 10.5 Å². The molecule has 0 bridgehead atoms. The topological polar surface area (TPSA) is 92.5 Å². The fourth-order valence-electron chi connectivity index (χ4n) is 1.34. The molecule has 1 amide bonds. The van der Waals surface area contributed by atoms with Crippen LogP contribution in [0.2, 0.25) is 0 Å². The highest BCUT2D eigenvalue weighted by atomic mass is 32.2. The highest BCUT2D eigenvalue weighted by Gasteiger charge is 2.16. The van der Waals surface area contributed by atoms with Crippen LogP contribution in [0.5, 0.6) is 0 Å². The number of benzene rings is 1. The molecule has 3 N–H and O–H groups in total. The van der Waals surface area contributed by atoms with E-state index in [2.05, 4.69) is 4.72 Å². The third-order valence-electron chi connectivity index (χ3n) is 2.33.